The predicted molar refractivity (Wildman–Crippen MR) is 97.3 cm³/mol. The second-order valence-corrected chi connectivity index (χ2v) is 8.05. The summed E-state index contributed by atoms with van der Waals surface area (Å²) in [5, 5.41) is 2.80. The van der Waals surface area contributed by atoms with E-state index >= 15 is 0 Å². The number of sulfonamides is 1. The summed E-state index contributed by atoms with van der Waals surface area (Å²) in [5.74, 6) is 0.0147. The van der Waals surface area contributed by atoms with Crippen molar-refractivity contribution in [1.29, 1.82) is 0 Å². The van der Waals surface area contributed by atoms with Crippen molar-refractivity contribution in [2.45, 2.75) is 17.7 Å². The van der Waals surface area contributed by atoms with Crippen molar-refractivity contribution in [1.82, 2.24) is 9.29 Å². The number of nitrogens with one attached hydrogen (secondary N) is 1. The monoisotopic (exact) mass is 375 g/mol. The Balaban J connectivity index is 1.71. The predicted octanol–water partition coefficient (Wildman–Crippen LogP) is 2.13. The van der Waals surface area contributed by atoms with Gasteiger partial charge in [-0.2, -0.15) is 4.31 Å². The number of hydrogen-bond donors (Lipinski definition) is 1. The lowest BCUT2D eigenvalue weighted by Crippen LogP contribution is -2.43. The van der Waals surface area contributed by atoms with E-state index in [2.05, 4.69) is 10.3 Å². The molecule has 7 nitrogen and oxygen atoms in total. The summed E-state index contributed by atoms with van der Waals surface area (Å²) in [6, 6.07) is 9.75. The molecule has 8 heteroatoms. The molecule has 138 valence electrons. The molecule has 1 saturated heterocycles. The van der Waals surface area contributed by atoms with E-state index in [0.29, 0.717) is 30.8 Å². The van der Waals surface area contributed by atoms with Crippen molar-refractivity contribution in [3.63, 3.8) is 0 Å². The quantitative estimate of drug-likeness (QED) is 0.865. The number of amides is 1. The maximum Gasteiger partial charge on any atom is 0.243 e. The third-order valence-electron chi connectivity index (χ3n) is 4.38. The third kappa shape index (κ3) is 4.03. The van der Waals surface area contributed by atoms with Crippen LogP contribution < -0.4 is 10.1 Å². The summed E-state index contributed by atoms with van der Waals surface area (Å²) in [6.07, 6.45) is 4.48. The zero-order valence-corrected chi connectivity index (χ0v) is 15.3. The fourth-order valence-corrected chi connectivity index (χ4v) is 4.48. The van der Waals surface area contributed by atoms with Crippen molar-refractivity contribution in [3.8, 4) is 5.75 Å². The van der Waals surface area contributed by atoms with Gasteiger partial charge in [0.15, 0.2) is 0 Å². The number of carbonyl (C=O) groups is 1. The summed E-state index contributed by atoms with van der Waals surface area (Å²) >= 11 is 0. The van der Waals surface area contributed by atoms with E-state index in [4.69, 9.17) is 4.74 Å². The van der Waals surface area contributed by atoms with Crippen molar-refractivity contribution < 1.29 is 17.9 Å². The lowest BCUT2D eigenvalue weighted by atomic mass is 9.99. The van der Waals surface area contributed by atoms with Crippen molar-refractivity contribution in [2.75, 3.05) is 25.5 Å². The minimum absolute atomic E-state index is 0.167. The molecule has 1 aromatic carbocycles. The van der Waals surface area contributed by atoms with Gasteiger partial charge in [0, 0.05) is 19.3 Å². The molecule has 3 rings (SSSR count). The number of pyridine rings is 1. The Morgan fingerprint density at radius 2 is 2.04 bits per heavy atom. The second-order valence-electron chi connectivity index (χ2n) is 6.11. The molecule has 0 bridgehead atoms. The van der Waals surface area contributed by atoms with E-state index in [1.807, 2.05) is 0 Å². The van der Waals surface area contributed by atoms with Crippen LogP contribution in [0.2, 0.25) is 0 Å². The largest absolute Gasteiger partial charge is 0.497 e. The van der Waals surface area contributed by atoms with E-state index < -0.39 is 15.9 Å². The topological polar surface area (TPSA) is 88.6 Å². The highest BCUT2D eigenvalue weighted by Gasteiger charge is 2.33. The summed E-state index contributed by atoms with van der Waals surface area (Å²) in [7, 11) is -2.11. The lowest BCUT2D eigenvalue weighted by molar-refractivity contribution is -0.120. The van der Waals surface area contributed by atoms with Gasteiger partial charge in [0.2, 0.25) is 15.9 Å². The fourth-order valence-electron chi connectivity index (χ4n) is 2.95. The van der Waals surface area contributed by atoms with E-state index in [1.54, 1.807) is 36.7 Å². The van der Waals surface area contributed by atoms with Crippen LogP contribution in [0.3, 0.4) is 0 Å². The molecule has 0 saturated carbocycles. The smallest absolute Gasteiger partial charge is 0.243 e. The molecule has 2 aromatic rings. The van der Waals surface area contributed by atoms with E-state index in [0.717, 1.165) is 0 Å². The number of ether oxygens (including phenoxy) is 1. The number of rotatable bonds is 5. The van der Waals surface area contributed by atoms with Gasteiger partial charge in [-0.05, 0) is 49.2 Å². The van der Waals surface area contributed by atoms with Gasteiger partial charge in [0.25, 0.3) is 0 Å². The third-order valence-corrected chi connectivity index (χ3v) is 6.26. The molecular weight excluding hydrogens is 354 g/mol. The number of hydrogen-bond acceptors (Lipinski definition) is 5. The first kappa shape index (κ1) is 18.3. The van der Waals surface area contributed by atoms with Crippen LogP contribution in [0.25, 0.3) is 0 Å². The van der Waals surface area contributed by atoms with Crippen LogP contribution in [0, 0.1) is 5.92 Å². The number of benzene rings is 1. The molecule has 1 aliphatic heterocycles. The minimum Gasteiger partial charge on any atom is -0.497 e. The molecular formula is C18H21N3O4S. The second kappa shape index (κ2) is 7.84. The van der Waals surface area contributed by atoms with Crippen LogP contribution in [0.5, 0.6) is 5.75 Å². The minimum atomic E-state index is -3.64. The number of nitrogens with zero attached hydrogens (tertiary/aromatic N) is 2. The lowest BCUT2D eigenvalue weighted by Gasteiger charge is -2.31. The van der Waals surface area contributed by atoms with Crippen LogP contribution in [-0.2, 0) is 14.8 Å². The average molecular weight is 375 g/mol. The standard InChI is InChI=1S/C18H21N3O4S/c1-25-16-6-8-17(9-7-16)26(23,24)21-11-3-4-14(13-21)18(22)20-15-5-2-10-19-12-15/h2,5-10,12,14H,3-4,11,13H2,1H3,(H,20,22). The Kier molecular flexibility index (Phi) is 5.53. The Bertz CT molecular complexity index is 854. The molecule has 26 heavy (non-hydrogen) atoms. The highest BCUT2D eigenvalue weighted by molar-refractivity contribution is 7.89. The van der Waals surface area contributed by atoms with Crippen molar-refractivity contribution in [3.05, 3.63) is 48.8 Å². The fraction of sp³-hybridized carbons (Fsp3) is 0.333. The van der Waals surface area contributed by atoms with E-state index in [-0.39, 0.29) is 17.3 Å². The Labute approximate surface area is 153 Å². The molecule has 1 aliphatic rings. The van der Waals surface area contributed by atoms with Gasteiger partial charge >= 0.3 is 0 Å². The molecule has 1 fully saturated rings. The molecule has 1 atom stereocenters. The number of carbonyl (C=O) groups excluding carboxylic acids is 1. The first-order valence-electron chi connectivity index (χ1n) is 8.36. The van der Waals surface area contributed by atoms with Gasteiger partial charge in [-0.1, -0.05) is 0 Å². The highest BCUT2D eigenvalue weighted by Crippen LogP contribution is 2.25. The molecule has 1 unspecified atom stereocenters. The SMILES string of the molecule is COc1ccc(S(=O)(=O)N2CCCC(C(=O)Nc3cccnc3)C2)cc1. The normalized spacial score (nSPS) is 18.3. The van der Waals surface area contributed by atoms with Gasteiger partial charge in [0.1, 0.15) is 5.75 Å². The first-order valence-corrected chi connectivity index (χ1v) is 9.80. The summed E-state index contributed by atoms with van der Waals surface area (Å²) < 4.78 is 32.2. The van der Waals surface area contributed by atoms with Crippen molar-refractivity contribution >= 4 is 21.6 Å². The van der Waals surface area contributed by atoms with Crippen LogP contribution in [-0.4, -0.2) is 43.8 Å². The van der Waals surface area contributed by atoms with Gasteiger partial charge in [-0.25, -0.2) is 8.42 Å². The van der Waals surface area contributed by atoms with Gasteiger partial charge in [0.05, 0.1) is 29.8 Å². The van der Waals surface area contributed by atoms with Crippen LogP contribution in [0.4, 0.5) is 5.69 Å². The van der Waals surface area contributed by atoms with Gasteiger partial charge in [-0.15, -0.1) is 0 Å². The summed E-state index contributed by atoms with van der Waals surface area (Å²) in [4.78, 5) is 16.6. The Hall–Kier alpha value is -2.45. The van der Waals surface area contributed by atoms with Crippen LogP contribution in [0.15, 0.2) is 53.7 Å². The molecule has 1 aromatic heterocycles. The molecule has 0 radical (unpaired) electrons. The molecule has 1 amide bonds. The Morgan fingerprint density at radius 3 is 2.69 bits per heavy atom. The zero-order chi connectivity index (χ0) is 18.6. The molecule has 0 spiro atoms. The van der Waals surface area contributed by atoms with Crippen molar-refractivity contribution in [2.24, 2.45) is 5.92 Å². The zero-order valence-electron chi connectivity index (χ0n) is 14.5. The average Bonchev–Trinajstić information content (AvgIpc) is 2.69. The highest BCUT2D eigenvalue weighted by atomic mass is 32.2. The maximum absolute atomic E-state index is 12.9. The maximum atomic E-state index is 12.9. The van der Waals surface area contributed by atoms with Crippen LogP contribution >= 0.6 is 0 Å². The van der Waals surface area contributed by atoms with Gasteiger partial charge < -0.3 is 10.1 Å². The number of aromatic nitrogens is 1. The summed E-state index contributed by atoms with van der Waals surface area (Å²) in [6.45, 7) is 0.575. The van der Waals surface area contributed by atoms with E-state index in [1.165, 1.54) is 23.5 Å². The number of piperidine rings is 1. The Morgan fingerprint density at radius 1 is 1.27 bits per heavy atom. The van der Waals surface area contributed by atoms with Crippen LogP contribution in [0.1, 0.15) is 12.8 Å². The number of methoxy groups -OCH3 is 1. The first-order chi connectivity index (χ1) is 12.5. The molecule has 0 aliphatic carbocycles. The number of anilines is 1. The molecule has 2 heterocycles. The molecule has 1 N–H and O–H groups in total. The summed E-state index contributed by atoms with van der Waals surface area (Å²) in [5.41, 5.74) is 0.604. The van der Waals surface area contributed by atoms with Gasteiger partial charge in [-0.3, -0.25) is 9.78 Å². The van der Waals surface area contributed by atoms with E-state index in [9.17, 15) is 13.2 Å².